The van der Waals surface area contributed by atoms with Gasteiger partial charge >= 0.3 is 0 Å². The minimum absolute atomic E-state index is 0.00327. The number of nitrogens with one attached hydrogen (secondary N) is 2. The van der Waals surface area contributed by atoms with E-state index in [1.54, 1.807) is 30.3 Å². The highest BCUT2D eigenvalue weighted by Crippen LogP contribution is 2.29. The van der Waals surface area contributed by atoms with E-state index in [-0.39, 0.29) is 11.3 Å². The molecule has 0 saturated carbocycles. The van der Waals surface area contributed by atoms with E-state index in [2.05, 4.69) is 15.5 Å². The van der Waals surface area contributed by atoms with Crippen molar-refractivity contribution in [1.29, 1.82) is 5.26 Å². The van der Waals surface area contributed by atoms with Crippen LogP contribution in [0, 0.1) is 11.3 Å². The Kier molecular flexibility index (Phi) is 6.84. The number of nitriles is 1. The first-order chi connectivity index (χ1) is 13.7. The number of hydrogen-bond donors (Lipinski definition) is 3. The van der Waals surface area contributed by atoms with Crippen molar-refractivity contribution < 1.29 is 14.6 Å². The van der Waals surface area contributed by atoms with Crippen LogP contribution in [0.1, 0.15) is 6.42 Å². The van der Waals surface area contributed by atoms with Crippen LogP contribution in [0.3, 0.4) is 0 Å². The first kappa shape index (κ1) is 19.7. The number of phenols is 1. The molecular weight excluding hydrogens is 356 g/mol. The molecule has 28 heavy (non-hydrogen) atoms. The molecule has 0 spiro atoms. The summed E-state index contributed by atoms with van der Waals surface area (Å²) < 4.78 is 5.32. The second kappa shape index (κ2) is 9.74. The Morgan fingerprint density at radius 1 is 1.21 bits per heavy atom. The van der Waals surface area contributed by atoms with Gasteiger partial charge < -0.3 is 20.5 Å². The summed E-state index contributed by atoms with van der Waals surface area (Å²) in [6, 6.07) is 12.3. The Morgan fingerprint density at radius 3 is 2.75 bits per heavy atom. The lowest BCUT2D eigenvalue weighted by Gasteiger charge is -2.26. The lowest BCUT2D eigenvalue weighted by atomic mass is 10.1. The highest BCUT2D eigenvalue weighted by Gasteiger charge is 2.12. The van der Waals surface area contributed by atoms with E-state index < -0.39 is 5.91 Å². The summed E-state index contributed by atoms with van der Waals surface area (Å²) in [7, 11) is 0. The maximum atomic E-state index is 12.5. The van der Waals surface area contributed by atoms with Crippen LogP contribution in [0.5, 0.6) is 5.75 Å². The number of nitrogens with zero attached hydrogens (tertiary/aromatic N) is 2. The monoisotopic (exact) mass is 380 g/mol. The molecule has 146 valence electrons. The van der Waals surface area contributed by atoms with Crippen molar-refractivity contribution in [3.8, 4) is 11.8 Å². The number of amides is 1. The molecule has 0 atom stereocenters. The van der Waals surface area contributed by atoms with Crippen LogP contribution in [0.25, 0.3) is 10.8 Å². The maximum Gasteiger partial charge on any atom is 0.267 e. The largest absolute Gasteiger partial charge is 0.507 e. The zero-order valence-electron chi connectivity index (χ0n) is 15.6. The molecule has 0 bridgehead atoms. The summed E-state index contributed by atoms with van der Waals surface area (Å²) in [5.74, 6) is -0.342. The van der Waals surface area contributed by atoms with Crippen molar-refractivity contribution in [3.63, 3.8) is 0 Å². The van der Waals surface area contributed by atoms with Gasteiger partial charge in [-0.3, -0.25) is 9.69 Å². The van der Waals surface area contributed by atoms with Crippen LogP contribution in [0.4, 0.5) is 5.69 Å². The SMILES string of the molecule is N#C/C(=C/NCCCN1CCOCC1)C(=O)Nc1cccc2c(O)cccc12. The van der Waals surface area contributed by atoms with Gasteiger partial charge in [-0.05, 0) is 25.1 Å². The average molecular weight is 380 g/mol. The Hall–Kier alpha value is -3.08. The predicted molar refractivity (Wildman–Crippen MR) is 108 cm³/mol. The molecule has 7 heteroatoms. The van der Waals surface area contributed by atoms with Gasteiger partial charge in [-0.2, -0.15) is 5.26 Å². The Labute approximate surface area is 164 Å². The van der Waals surface area contributed by atoms with Gasteiger partial charge in [0.15, 0.2) is 0 Å². The van der Waals surface area contributed by atoms with Gasteiger partial charge in [0.1, 0.15) is 17.4 Å². The summed E-state index contributed by atoms with van der Waals surface area (Å²) in [5, 5.41) is 26.4. The molecule has 2 aromatic rings. The topological polar surface area (TPSA) is 97.6 Å². The molecule has 3 N–H and O–H groups in total. The molecule has 0 unspecified atom stereocenters. The maximum absolute atomic E-state index is 12.5. The second-order valence-electron chi connectivity index (χ2n) is 6.56. The third kappa shape index (κ3) is 5.00. The van der Waals surface area contributed by atoms with Crippen LogP contribution >= 0.6 is 0 Å². The summed E-state index contributed by atoms with van der Waals surface area (Å²) >= 11 is 0. The Balaban J connectivity index is 1.55. The molecule has 0 radical (unpaired) electrons. The van der Waals surface area contributed by atoms with Gasteiger partial charge in [0.2, 0.25) is 0 Å². The van der Waals surface area contributed by atoms with Crippen molar-refractivity contribution in [1.82, 2.24) is 10.2 Å². The molecular formula is C21H24N4O3. The first-order valence-electron chi connectivity index (χ1n) is 9.35. The van der Waals surface area contributed by atoms with E-state index in [4.69, 9.17) is 4.74 Å². The van der Waals surface area contributed by atoms with Crippen molar-refractivity contribution in [2.75, 3.05) is 44.7 Å². The summed E-state index contributed by atoms with van der Waals surface area (Å²) in [5.41, 5.74) is 0.551. The van der Waals surface area contributed by atoms with Crippen LogP contribution < -0.4 is 10.6 Å². The van der Waals surface area contributed by atoms with Crippen LogP contribution in [0.2, 0.25) is 0 Å². The number of fused-ring (bicyclic) bond motifs is 1. The number of phenolic OH excluding ortho intramolecular Hbond substituents is 1. The van der Waals surface area contributed by atoms with Crippen molar-refractivity contribution in [3.05, 3.63) is 48.2 Å². The number of carbonyl (C=O) groups is 1. The lowest BCUT2D eigenvalue weighted by Crippen LogP contribution is -2.37. The van der Waals surface area contributed by atoms with Crippen molar-refractivity contribution >= 4 is 22.4 Å². The summed E-state index contributed by atoms with van der Waals surface area (Å²) in [4.78, 5) is 14.8. The van der Waals surface area contributed by atoms with E-state index in [0.29, 0.717) is 23.0 Å². The highest BCUT2D eigenvalue weighted by atomic mass is 16.5. The van der Waals surface area contributed by atoms with Crippen molar-refractivity contribution in [2.45, 2.75) is 6.42 Å². The standard InChI is InChI=1S/C21H24N4O3/c22-14-16(15-23-8-3-9-25-10-12-28-13-11-25)21(27)24-19-6-1-5-18-17(19)4-2-7-20(18)26/h1-2,4-7,15,23,26H,3,8-13H2,(H,24,27)/b16-15-. The smallest absolute Gasteiger partial charge is 0.267 e. The molecule has 1 fully saturated rings. The number of hydrogen-bond acceptors (Lipinski definition) is 6. The minimum atomic E-state index is -0.487. The molecule has 1 aliphatic heterocycles. The van der Waals surface area contributed by atoms with Crippen LogP contribution in [-0.4, -0.2) is 55.3 Å². The number of aromatic hydroxyl groups is 1. The van der Waals surface area contributed by atoms with E-state index in [0.717, 1.165) is 39.3 Å². The predicted octanol–water partition coefficient (Wildman–Crippen LogP) is 2.20. The number of rotatable bonds is 7. The zero-order chi connectivity index (χ0) is 19.8. The van der Waals surface area contributed by atoms with Crippen molar-refractivity contribution in [2.24, 2.45) is 0 Å². The summed E-state index contributed by atoms with van der Waals surface area (Å²) in [6.07, 6.45) is 2.37. The number of benzene rings is 2. The van der Waals surface area contributed by atoms with Gasteiger partial charge in [-0.25, -0.2) is 0 Å². The van der Waals surface area contributed by atoms with Crippen LogP contribution in [-0.2, 0) is 9.53 Å². The van der Waals surface area contributed by atoms with E-state index >= 15 is 0 Å². The Bertz CT molecular complexity index is 898. The molecule has 3 rings (SSSR count). The van der Waals surface area contributed by atoms with Gasteiger partial charge in [0, 0.05) is 42.3 Å². The average Bonchev–Trinajstić information content (AvgIpc) is 2.72. The number of carbonyl (C=O) groups excluding carboxylic acids is 1. The fourth-order valence-corrected chi connectivity index (χ4v) is 3.14. The molecule has 1 saturated heterocycles. The van der Waals surface area contributed by atoms with Gasteiger partial charge in [0.25, 0.3) is 5.91 Å². The number of morpholine rings is 1. The normalized spacial score (nSPS) is 15.2. The molecule has 1 amide bonds. The molecule has 2 aromatic carbocycles. The van der Waals surface area contributed by atoms with Gasteiger partial charge in [-0.1, -0.05) is 24.3 Å². The first-order valence-corrected chi connectivity index (χ1v) is 9.35. The van der Waals surface area contributed by atoms with E-state index in [1.807, 2.05) is 12.1 Å². The van der Waals surface area contributed by atoms with E-state index in [9.17, 15) is 15.2 Å². The van der Waals surface area contributed by atoms with E-state index in [1.165, 1.54) is 6.20 Å². The fraction of sp³-hybridized carbons (Fsp3) is 0.333. The molecule has 7 nitrogen and oxygen atoms in total. The quantitative estimate of drug-likeness (QED) is 0.387. The second-order valence-corrected chi connectivity index (χ2v) is 6.56. The van der Waals surface area contributed by atoms with Gasteiger partial charge in [-0.15, -0.1) is 0 Å². The highest BCUT2D eigenvalue weighted by molar-refractivity contribution is 6.11. The Morgan fingerprint density at radius 2 is 1.96 bits per heavy atom. The molecule has 1 aliphatic rings. The number of anilines is 1. The third-order valence-electron chi connectivity index (χ3n) is 4.66. The minimum Gasteiger partial charge on any atom is -0.507 e. The van der Waals surface area contributed by atoms with Crippen LogP contribution in [0.15, 0.2) is 48.2 Å². The fourth-order valence-electron chi connectivity index (χ4n) is 3.14. The van der Waals surface area contributed by atoms with Gasteiger partial charge in [0.05, 0.1) is 13.2 Å². The third-order valence-corrected chi connectivity index (χ3v) is 4.66. The summed E-state index contributed by atoms with van der Waals surface area (Å²) in [6.45, 7) is 5.08. The molecule has 0 aromatic heterocycles. The molecule has 1 heterocycles. The number of ether oxygens (including phenoxy) is 1. The molecule has 0 aliphatic carbocycles. The lowest BCUT2D eigenvalue weighted by molar-refractivity contribution is -0.112. The zero-order valence-corrected chi connectivity index (χ0v) is 15.6.